The first-order chi connectivity index (χ1) is 6.02. The lowest BCUT2D eigenvalue weighted by Gasteiger charge is -2.01. The Labute approximate surface area is 73.8 Å². The highest BCUT2D eigenvalue weighted by molar-refractivity contribution is 5.95. The van der Waals surface area contributed by atoms with Crippen LogP contribution in [0.15, 0.2) is 15.7 Å². The van der Waals surface area contributed by atoms with Gasteiger partial charge >= 0.3 is 5.56 Å². The van der Waals surface area contributed by atoms with E-state index in [0.717, 1.165) is 6.07 Å². The molecule has 0 spiro atoms. The molecule has 0 unspecified atom stereocenters. The molecule has 5 nitrogen and oxygen atoms in total. The van der Waals surface area contributed by atoms with Crippen molar-refractivity contribution in [3.05, 3.63) is 32.3 Å². The average molecular weight is 182 g/mol. The Morgan fingerprint density at radius 1 is 1.31 bits per heavy atom. The van der Waals surface area contributed by atoms with Crippen LogP contribution in [-0.4, -0.2) is 16.0 Å². The van der Waals surface area contributed by atoms with Crippen molar-refractivity contribution >= 4 is 5.78 Å². The van der Waals surface area contributed by atoms with Gasteiger partial charge in [0.1, 0.15) is 5.69 Å². The van der Waals surface area contributed by atoms with Gasteiger partial charge in [-0.3, -0.25) is 24.6 Å². The molecule has 0 aromatic carbocycles. The molecule has 70 valence electrons. The van der Waals surface area contributed by atoms with E-state index in [1.165, 1.54) is 0 Å². The molecule has 13 heavy (non-hydrogen) atoms. The second kappa shape index (κ2) is 3.38. The summed E-state index contributed by atoms with van der Waals surface area (Å²) in [6.07, 6.45) is 0. The molecule has 0 fully saturated rings. The van der Waals surface area contributed by atoms with E-state index in [4.69, 9.17) is 0 Å². The van der Waals surface area contributed by atoms with Crippen LogP contribution in [0.5, 0.6) is 0 Å². The van der Waals surface area contributed by atoms with E-state index in [9.17, 15) is 14.4 Å². The zero-order chi connectivity index (χ0) is 10.0. The first-order valence-corrected chi connectivity index (χ1v) is 3.88. The molecule has 0 bridgehead atoms. The summed E-state index contributed by atoms with van der Waals surface area (Å²) in [6.45, 7) is 3.43. The molecule has 1 heterocycles. The van der Waals surface area contributed by atoms with Gasteiger partial charge in [-0.25, -0.2) is 0 Å². The van der Waals surface area contributed by atoms with Crippen molar-refractivity contribution in [2.75, 3.05) is 0 Å². The number of aromatic nitrogens is 2. The van der Waals surface area contributed by atoms with Crippen LogP contribution in [0.3, 0.4) is 0 Å². The normalized spacial score (nSPS) is 10.4. The summed E-state index contributed by atoms with van der Waals surface area (Å²) >= 11 is 0. The highest BCUT2D eigenvalue weighted by Crippen LogP contribution is 2.00. The summed E-state index contributed by atoms with van der Waals surface area (Å²) in [5.41, 5.74) is -1.32. The molecule has 0 amide bonds. The molecule has 0 atom stereocenters. The van der Waals surface area contributed by atoms with Crippen molar-refractivity contribution in [1.29, 1.82) is 0 Å². The highest BCUT2D eigenvalue weighted by Gasteiger charge is 2.11. The van der Waals surface area contributed by atoms with E-state index in [1.807, 2.05) is 0 Å². The van der Waals surface area contributed by atoms with Gasteiger partial charge in [-0.15, -0.1) is 0 Å². The van der Waals surface area contributed by atoms with E-state index in [0.29, 0.717) is 0 Å². The molecule has 0 aliphatic heterocycles. The van der Waals surface area contributed by atoms with Crippen LogP contribution in [0.25, 0.3) is 0 Å². The summed E-state index contributed by atoms with van der Waals surface area (Å²) in [7, 11) is 0. The van der Waals surface area contributed by atoms with Gasteiger partial charge in [0, 0.05) is 12.0 Å². The molecule has 0 aliphatic carbocycles. The Kier molecular flexibility index (Phi) is 2.46. The van der Waals surface area contributed by atoms with Gasteiger partial charge in [0.2, 0.25) is 5.43 Å². The predicted octanol–water partition coefficient (Wildman–Crippen LogP) is -0.0981. The molecule has 2 N–H and O–H groups in total. The van der Waals surface area contributed by atoms with Crippen molar-refractivity contribution in [2.24, 2.45) is 5.92 Å². The minimum Gasteiger partial charge on any atom is -0.295 e. The third-order valence-corrected chi connectivity index (χ3v) is 1.60. The highest BCUT2D eigenvalue weighted by atomic mass is 16.2. The summed E-state index contributed by atoms with van der Waals surface area (Å²) in [5.74, 6) is -0.407. The standard InChI is InChI=1S/C8H10N2O3/c1-4(2)7(12)5-3-6(11)8(13)10-9-5/h3-4H,1-2H3,(H,9,11)(H,10,13). The van der Waals surface area contributed by atoms with Gasteiger partial charge in [0.25, 0.3) is 0 Å². The number of carbonyl (C=O) groups is 1. The maximum Gasteiger partial charge on any atom is 0.310 e. The molecule has 5 heteroatoms. The van der Waals surface area contributed by atoms with Gasteiger partial charge in [0.15, 0.2) is 5.78 Å². The zero-order valence-electron chi connectivity index (χ0n) is 7.38. The van der Waals surface area contributed by atoms with Gasteiger partial charge in [-0.1, -0.05) is 13.8 Å². The molecule has 0 saturated carbocycles. The van der Waals surface area contributed by atoms with Crippen molar-refractivity contribution < 1.29 is 4.79 Å². The number of rotatable bonds is 2. The van der Waals surface area contributed by atoms with Gasteiger partial charge < -0.3 is 0 Å². The smallest absolute Gasteiger partial charge is 0.295 e. The number of H-pyrrole nitrogens is 2. The first-order valence-electron chi connectivity index (χ1n) is 3.88. The second-order valence-corrected chi connectivity index (χ2v) is 3.02. The van der Waals surface area contributed by atoms with Crippen LogP contribution in [0, 0.1) is 5.92 Å². The minimum atomic E-state index is -0.750. The third-order valence-electron chi connectivity index (χ3n) is 1.60. The van der Waals surface area contributed by atoms with Crippen LogP contribution in [0.1, 0.15) is 24.3 Å². The van der Waals surface area contributed by atoms with E-state index >= 15 is 0 Å². The third kappa shape index (κ3) is 1.93. The average Bonchev–Trinajstić information content (AvgIpc) is 2.08. The maximum atomic E-state index is 11.3. The van der Waals surface area contributed by atoms with E-state index in [2.05, 4.69) is 10.2 Å². The Balaban J connectivity index is 3.19. The van der Waals surface area contributed by atoms with Crippen LogP contribution in [-0.2, 0) is 0 Å². The second-order valence-electron chi connectivity index (χ2n) is 3.02. The molecule has 1 rings (SSSR count). The largest absolute Gasteiger partial charge is 0.310 e. The molecule has 0 aliphatic rings. The van der Waals surface area contributed by atoms with E-state index in [1.54, 1.807) is 13.8 Å². The van der Waals surface area contributed by atoms with E-state index in [-0.39, 0.29) is 17.4 Å². The molecule has 0 saturated heterocycles. The lowest BCUT2D eigenvalue weighted by molar-refractivity contribution is 0.0933. The van der Waals surface area contributed by atoms with Crippen LogP contribution < -0.4 is 11.0 Å². The number of hydrogen-bond acceptors (Lipinski definition) is 3. The predicted molar refractivity (Wildman–Crippen MR) is 46.9 cm³/mol. The maximum absolute atomic E-state index is 11.3. The fourth-order valence-corrected chi connectivity index (χ4v) is 0.862. The van der Waals surface area contributed by atoms with Crippen molar-refractivity contribution in [1.82, 2.24) is 10.2 Å². The molecule has 1 aromatic rings. The number of aromatic amines is 2. The zero-order valence-corrected chi connectivity index (χ0v) is 7.38. The Hall–Kier alpha value is -1.65. The molecule has 1 aromatic heterocycles. The first kappa shape index (κ1) is 9.44. The number of nitrogens with one attached hydrogen (secondary N) is 2. The quantitative estimate of drug-likeness (QED) is 0.495. The summed E-state index contributed by atoms with van der Waals surface area (Å²) in [6, 6.07) is 1.02. The van der Waals surface area contributed by atoms with Gasteiger partial charge in [-0.2, -0.15) is 0 Å². The summed E-state index contributed by atoms with van der Waals surface area (Å²) in [4.78, 5) is 32.8. The van der Waals surface area contributed by atoms with Gasteiger partial charge in [0.05, 0.1) is 0 Å². The monoisotopic (exact) mass is 182 g/mol. The fraction of sp³-hybridized carbons (Fsp3) is 0.375. The lowest BCUT2D eigenvalue weighted by Crippen LogP contribution is -2.29. The SMILES string of the molecule is CC(C)C(=O)c1cc(=O)c(=O)[nH][nH]1. The minimum absolute atomic E-state index is 0.139. The molecular weight excluding hydrogens is 172 g/mol. The van der Waals surface area contributed by atoms with Crippen molar-refractivity contribution in [2.45, 2.75) is 13.8 Å². The topological polar surface area (TPSA) is 82.8 Å². The molecular formula is C8H10N2O3. The molecule has 0 radical (unpaired) electrons. The van der Waals surface area contributed by atoms with Crippen molar-refractivity contribution in [3.8, 4) is 0 Å². The number of hydrogen-bond donors (Lipinski definition) is 2. The van der Waals surface area contributed by atoms with Crippen molar-refractivity contribution in [3.63, 3.8) is 0 Å². The number of carbonyl (C=O) groups excluding carboxylic acids is 1. The number of ketones is 1. The van der Waals surface area contributed by atoms with E-state index < -0.39 is 11.0 Å². The van der Waals surface area contributed by atoms with Crippen LogP contribution in [0.2, 0.25) is 0 Å². The van der Waals surface area contributed by atoms with Gasteiger partial charge in [-0.05, 0) is 0 Å². The van der Waals surface area contributed by atoms with Crippen LogP contribution in [0.4, 0.5) is 0 Å². The fourth-order valence-electron chi connectivity index (χ4n) is 0.862. The summed E-state index contributed by atoms with van der Waals surface area (Å²) in [5, 5.41) is 4.46. The summed E-state index contributed by atoms with van der Waals surface area (Å²) < 4.78 is 0. The Bertz CT molecular complexity index is 428. The Morgan fingerprint density at radius 3 is 2.38 bits per heavy atom. The lowest BCUT2D eigenvalue weighted by atomic mass is 10.1. The Morgan fingerprint density at radius 2 is 1.92 bits per heavy atom. The van der Waals surface area contributed by atoms with Crippen LogP contribution >= 0.6 is 0 Å². The number of Topliss-reactive ketones (excluding diaryl/α,β-unsaturated/α-hetero) is 1.